The summed E-state index contributed by atoms with van der Waals surface area (Å²) in [6.45, 7) is 0. The van der Waals surface area contributed by atoms with Gasteiger partial charge >= 0.3 is 5.97 Å². The molecule has 4 heteroatoms. The second kappa shape index (κ2) is 3.69. The summed E-state index contributed by atoms with van der Waals surface area (Å²) in [5.74, 6) is -0.964. The van der Waals surface area contributed by atoms with E-state index in [0.29, 0.717) is 5.56 Å². The van der Waals surface area contributed by atoms with Crippen molar-refractivity contribution in [1.82, 2.24) is 0 Å². The van der Waals surface area contributed by atoms with Crippen molar-refractivity contribution in [3.63, 3.8) is 0 Å². The Kier molecular flexibility index (Phi) is 2.62. The average Bonchev–Trinajstić information content (AvgIpc) is 2.48. The molecule has 0 fully saturated rings. The van der Waals surface area contributed by atoms with Crippen LogP contribution in [-0.2, 0) is 0 Å². The van der Waals surface area contributed by atoms with Crippen LogP contribution in [0.3, 0.4) is 0 Å². The molecule has 60 valence electrons. The summed E-state index contributed by atoms with van der Waals surface area (Å²) in [5, 5.41) is 20.1. The zero-order valence-corrected chi connectivity index (χ0v) is 6.84. The minimum Gasteiger partial charge on any atom is -0.478 e. The Morgan fingerprint density at radius 2 is 2.42 bits per heavy atom. The molecule has 1 rings (SSSR count). The Bertz CT molecular complexity index is 359. The molecule has 0 aromatic carbocycles. The molecule has 1 heterocycles. The molecule has 0 radical (unpaired) electrons. The lowest BCUT2D eigenvalue weighted by Crippen LogP contribution is -1.94. The molecule has 3 nitrogen and oxygen atoms in total. The first kappa shape index (κ1) is 8.50. The molecule has 0 amide bonds. The van der Waals surface area contributed by atoms with Gasteiger partial charge in [-0.1, -0.05) is 0 Å². The topological polar surface area (TPSA) is 61.1 Å². The second-order valence-corrected chi connectivity index (χ2v) is 2.75. The van der Waals surface area contributed by atoms with Crippen LogP contribution < -0.4 is 0 Å². The smallest absolute Gasteiger partial charge is 0.337 e. The molecule has 0 aliphatic carbocycles. The summed E-state index contributed by atoms with van der Waals surface area (Å²) in [7, 11) is 0. The Morgan fingerprint density at radius 1 is 1.67 bits per heavy atom. The van der Waals surface area contributed by atoms with Crippen LogP contribution in [0.5, 0.6) is 0 Å². The van der Waals surface area contributed by atoms with Gasteiger partial charge in [0.25, 0.3) is 0 Å². The zero-order valence-electron chi connectivity index (χ0n) is 6.02. The molecule has 0 saturated heterocycles. The van der Waals surface area contributed by atoms with Crippen LogP contribution >= 0.6 is 11.3 Å². The van der Waals surface area contributed by atoms with Crippen LogP contribution in [0.1, 0.15) is 15.9 Å². The molecule has 0 bridgehead atoms. The Hall–Kier alpha value is -1.60. The average molecular weight is 179 g/mol. The predicted molar refractivity (Wildman–Crippen MR) is 45.9 cm³/mol. The normalized spacial score (nSPS) is 9.92. The molecular formula is C8H5NO2S. The molecule has 1 N–H and O–H groups in total. The Morgan fingerprint density at radius 3 is 3.00 bits per heavy atom. The number of hydrogen-bond donors (Lipinski definition) is 1. The van der Waals surface area contributed by atoms with Gasteiger partial charge in [-0.2, -0.15) is 16.6 Å². The van der Waals surface area contributed by atoms with E-state index >= 15 is 0 Å². The summed E-state index contributed by atoms with van der Waals surface area (Å²) < 4.78 is 0. The summed E-state index contributed by atoms with van der Waals surface area (Å²) in [4.78, 5) is 10.5. The number of nitriles is 1. The van der Waals surface area contributed by atoms with Gasteiger partial charge in [0.05, 0.1) is 11.6 Å². The highest BCUT2D eigenvalue weighted by Gasteiger charge is 2.07. The molecule has 0 aliphatic heterocycles. The number of carboxylic acid groups (broad SMARTS) is 1. The minimum atomic E-state index is -0.964. The number of rotatable bonds is 2. The maximum Gasteiger partial charge on any atom is 0.337 e. The van der Waals surface area contributed by atoms with Gasteiger partial charge in [-0.15, -0.1) is 0 Å². The number of thiophene rings is 1. The molecule has 0 spiro atoms. The first-order valence-corrected chi connectivity index (χ1v) is 4.05. The Balaban J connectivity index is 3.01. The monoisotopic (exact) mass is 179 g/mol. The largest absolute Gasteiger partial charge is 0.478 e. The molecule has 12 heavy (non-hydrogen) atoms. The van der Waals surface area contributed by atoms with Crippen molar-refractivity contribution >= 4 is 23.4 Å². The molecular weight excluding hydrogens is 174 g/mol. The number of carbonyl (C=O) groups is 1. The number of carboxylic acids is 1. The third-order valence-electron chi connectivity index (χ3n) is 1.26. The van der Waals surface area contributed by atoms with E-state index in [4.69, 9.17) is 10.4 Å². The minimum absolute atomic E-state index is 0.242. The van der Waals surface area contributed by atoms with Crippen molar-refractivity contribution in [1.29, 1.82) is 5.26 Å². The lowest BCUT2D eigenvalue weighted by Gasteiger charge is -1.88. The molecule has 0 saturated carbocycles. The van der Waals surface area contributed by atoms with Crippen LogP contribution in [0.25, 0.3) is 6.08 Å². The van der Waals surface area contributed by atoms with Gasteiger partial charge in [0.2, 0.25) is 0 Å². The maximum absolute atomic E-state index is 10.5. The number of aromatic carboxylic acids is 1. The highest BCUT2D eigenvalue weighted by molar-refractivity contribution is 7.08. The molecule has 0 atom stereocenters. The van der Waals surface area contributed by atoms with E-state index in [-0.39, 0.29) is 5.56 Å². The Labute approximate surface area is 73.2 Å². The lowest BCUT2D eigenvalue weighted by atomic mass is 10.2. The van der Waals surface area contributed by atoms with Crippen LogP contribution in [0, 0.1) is 11.3 Å². The maximum atomic E-state index is 10.5. The van der Waals surface area contributed by atoms with E-state index in [1.54, 1.807) is 16.8 Å². The van der Waals surface area contributed by atoms with Crippen molar-refractivity contribution in [2.75, 3.05) is 0 Å². The van der Waals surface area contributed by atoms with E-state index < -0.39 is 5.97 Å². The number of hydrogen-bond acceptors (Lipinski definition) is 3. The van der Waals surface area contributed by atoms with E-state index in [2.05, 4.69) is 0 Å². The number of allylic oxidation sites excluding steroid dienone is 1. The van der Waals surface area contributed by atoms with E-state index in [9.17, 15) is 4.79 Å². The van der Waals surface area contributed by atoms with Crippen molar-refractivity contribution in [3.05, 3.63) is 28.0 Å². The highest BCUT2D eigenvalue weighted by atomic mass is 32.1. The van der Waals surface area contributed by atoms with E-state index in [1.165, 1.54) is 23.5 Å². The summed E-state index contributed by atoms with van der Waals surface area (Å²) >= 11 is 1.30. The van der Waals surface area contributed by atoms with Crippen molar-refractivity contribution < 1.29 is 9.90 Å². The predicted octanol–water partition coefficient (Wildman–Crippen LogP) is 1.98. The van der Waals surface area contributed by atoms with Gasteiger partial charge in [-0.3, -0.25) is 0 Å². The SMILES string of the molecule is N#CC=Cc1cscc1C(=O)O. The molecule has 0 aliphatic rings. The third-order valence-corrected chi connectivity index (χ3v) is 2.02. The fourth-order valence-corrected chi connectivity index (χ4v) is 1.53. The van der Waals surface area contributed by atoms with E-state index in [1.807, 2.05) is 0 Å². The summed E-state index contributed by atoms with van der Waals surface area (Å²) in [5.41, 5.74) is 0.820. The second-order valence-electron chi connectivity index (χ2n) is 2.01. The lowest BCUT2D eigenvalue weighted by molar-refractivity contribution is 0.0697. The van der Waals surface area contributed by atoms with Gasteiger partial charge in [0.1, 0.15) is 0 Å². The number of nitrogens with zero attached hydrogens (tertiary/aromatic N) is 1. The molecule has 1 aromatic rings. The van der Waals surface area contributed by atoms with Crippen LogP contribution in [0.4, 0.5) is 0 Å². The summed E-state index contributed by atoms with van der Waals surface area (Å²) in [6.07, 6.45) is 2.74. The highest BCUT2D eigenvalue weighted by Crippen LogP contribution is 2.16. The summed E-state index contributed by atoms with van der Waals surface area (Å²) in [6, 6.07) is 1.80. The fraction of sp³-hybridized carbons (Fsp3) is 0. The van der Waals surface area contributed by atoms with Crippen LogP contribution in [0.2, 0.25) is 0 Å². The fourth-order valence-electron chi connectivity index (χ4n) is 0.737. The quantitative estimate of drug-likeness (QED) is 0.706. The third kappa shape index (κ3) is 1.71. The van der Waals surface area contributed by atoms with Crippen molar-refractivity contribution in [2.45, 2.75) is 0 Å². The molecule has 1 aromatic heterocycles. The first-order chi connectivity index (χ1) is 5.75. The van der Waals surface area contributed by atoms with Crippen LogP contribution in [0.15, 0.2) is 16.8 Å². The standard InChI is InChI=1S/C8H5NO2S/c9-3-1-2-6-4-12-5-7(6)8(10)11/h1-2,4-5H,(H,10,11). The van der Waals surface area contributed by atoms with Gasteiger partial charge < -0.3 is 5.11 Å². The van der Waals surface area contributed by atoms with Crippen molar-refractivity contribution in [3.8, 4) is 6.07 Å². The van der Waals surface area contributed by atoms with Gasteiger partial charge in [0, 0.05) is 17.0 Å². The van der Waals surface area contributed by atoms with Gasteiger partial charge in [-0.25, -0.2) is 4.79 Å². The van der Waals surface area contributed by atoms with E-state index in [0.717, 1.165) is 0 Å². The molecule has 0 unspecified atom stereocenters. The van der Waals surface area contributed by atoms with Crippen molar-refractivity contribution in [2.24, 2.45) is 0 Å². The van der Waals surface area contributed by atoms with Gasteiger partial charge in [0.15, 0.2) is 0 Å². The van der Waals surface area contributed by atoms with Crippen LogP contribution in [-0.4, -0.2) is 11.1 Å². The zero-order chi connectivity index (χ0) is 8.97. The first-order valence-electron chi connectivity index (χ1n) is 3.11. The van der Waals surface area contributed by atoms with Gasteiger partial charge in [-0.05, 0) is 11.5 Å².